The number of ether oxygens (including phenoxy) is 2. The summed E-state index contributed by atoms with van der Waals surface area (Å²) in [7, 11) is 3.34. The Morgan fingerprint density at radius 2 is 1.59 bits per heavy atom. The number of aryl methyl sites for hydroxylation is 1. The number of hydrogen-bond acceptors (Lipinski definition) is 4. The number of pyridine rings is 2. The van der Waals surface area contributed by atoms with Crippen LogP contribution in [0.2, 0.25) is 0 Å². The number of hydrogen-bond donors (Lipinski definition) is 0. The zero-order chi connectivity index (χ0) is 19.5. The molecule has 0 aliphatic rings. The summed E-state index contributed by atoms with van der Waals surface area (Å²) in [5.74, 6) is 1.47. The van der Waals surface area contributed by atoms with Gasteiger partial charge in [0.2, 0.25) is 0 Å². The Labute approximate surface area is 172 Å². The van der Waals surface area contributed by atoms with E-state index in [4.69, 9.17) is 14.5 Å². The van der Waals surface area contributed by atoms with Crippen LogP contribution in [-0.4, -0.2) is 24.2 Å². The predicted octanol–water partition coefficient (Wildman–Crippen LogP) is 5.98. The van der Waals surface area contributed by atoms with Gasteiger partial charge in [0.05, 0.1) is 19.7 Å². The standard InChI is InChI=1S/C24H24N2O2.CH4/c1-4-7-22-20-13-24(28-3)23(27-2)12-19(20)18(15-26-22)11-16-10-17-8-5-6-9-21(17)25-14-16;/h5-6,8-10,12-15H,4,7,11H2,1-3H3;1H4. The van der Waals surface area contributed by atoms with Gasteiger partial charge in [-0.2, -0.15) is 0 Å². The molecule has 0 saturated heterocycles. The first-order valence-corrected chi connectivity index (χ1v) is 9.59. The fourth-order valence-corrected chi connectivity index (χ4v) is 3.69. The summed E-state index contributed by atoms with van der Waals surface area (Å²) in [5.41, 5.74) is 4.44. The minimum atomic E-state index is 0. The van der Waals surface area contributed by atoms with Crippen molar-refractivity contribution in [2.24, 2.45) is 0 Å². The smallest absolute Gasteiger partial charge is 0.161 e. The van der Waals surface area contributed by atoms with Crippen molar-refractivity contribution in [1.29, 1.82) is 0 Å². The van der Waals surface area contributed by atoms with Crippen LogP contribution in [0.5, 0.6) is 11.5 Å². The Bertz CT molecular complexity index is 1140. The van der Waals surface area contributed by atoms with E-state index in [0.717, 1.165) is 63.7 Å². The number of rotatable bonds is 6. The molecule has 0 amide bonds. The minimum absolute atomic E-state index is 0. The summed E-state index contributed by atoms with van der Waals surface area (Å²) in [5, 5.41) is 3.44. The van der Waals surface area contributed by atoms with Crippen LogP contribution in [0, 0.1) is 0 Å². The molecule has 2 aromatic heterocycles. The molecular weight excluding hydrogens is 360 g/mol. The van der Waals surface area contributed by atoms with Gasteiger partial charge in [0, 0.05) is 35.3 Å². The van der Waals surface area contributed by atoms with Crippen molar-refractivity contribution in [2.45, 2.75) is 33.6 Å². The van der Waals surface area contributed by atoms with E-state index in [2.05, 4.69) is 30.1 Å². The quantitative estimate of drug-likeness (QED) is 0.407. The van der Waals surface area contributed by atoms with Gasteiger partial charge in [0.1, 0.15) is 0 Å². The van der Waals surface area contributed by atoms with E-state index in [1.165, 1.54) is 5.56 Å². The SMILES string of the molecule is C.CCCc1ncc(Cc2cnc3ccccc3c2)c2cc(OC)c(OC)cc12. The molecule has 0 spiro atoms. The normalized spacial score (nSPS) is 10.7. The van der Waals surface area contributed by atoms with Crippen LogP contribution in [0.25, 0.3) is 21.7 Å². The summed E-state index contributed by atoms with van der Waals surface area (Å²) in [6.45, 7) is 2.17. The van der Waals surface area contributed by atoms with Gasteiger partial charge in [-0.3, -0.25) is 9.97 Å². The number of para-hydroxylation sites is 1. The van der Waals surface area contributed by atoms with E-state index in [9.17, 15) is 0 Å². The van der Waals surface area contributed by atoms with Crippen molar-refractivity contribution in [3.63, 3.8) is 0 Å². The Morgan fingerprint density at radius 1 is 0.862 bits per heavy atom. The molecular formula is C25H28N2O2. The summed E-state index contributed by atoms with van der Waals surface area (Å²) < 4.78 is 11.1. The van der Waals surface area contributed by atoms with Crippen LogP contribution in [0.3, 0.4) is 0 Å². The van der Waals surface area contributed by atoms with Gasteiger partial charge in [-0.05, 0) is 47.2 Å². The average molecular weight is 389 g/mol. The van der Waals surface area contributed by atoms with E-state index in [1.807, 2.05) is 36.7 Å². The van der Waals surface area contributed by atoms with Crippen molar-refractivity contribution in [3.8, 4) is 11.5 Å². The van der Waals surface area contributed by atoms with Crippen molar-refractivity contribution in [2.75, 3.05) is 14.2 Å². The first kappa shape index (κ1) is 20.6. The Kier molecular flexibility index (Phi) is 6.32. The summed E-state index contributed by atoms with van der Waals surface area (Å²) >= 11 is 0. The molecule has 0 unspecified atom stereocenters. The molecule has 4 nitrogen and oxygen atoms in total. The van der Waals surface area contributed by atoms with E-state index < -0.39 is 0 Å². The zero-order valence-corrected chi connectivity index (χ0v) is 16.5. The summed E-state index contributed by atoms with van der Waals surface area (Å²) in [6.07, 6.45) is 6.70. The number of nitrogens with zero attached hydrogens (tertiary/aromatic N) is 2. The van der Waals surface area contributed by atoms with E-state index in [0.29, 0.717) is 0 Å². The lowest BCUT2D eigenvalue weighted by Crippen LogP contribution is -1.99. The molecule has 0 aliphatic carbocycles. The molecule has 150 valence electrons. The van der Waals surface area contributed by atoms with Gasteiger partial charge in [-0.25, -0.2) is 0 Å². The van der Waals surface area contributed by atoms with Crippen molar-refractivity contribution in [3.05, 3.63) is 71.7 Å². The highest BCUT2D eigenvalue weighted by Gasteiger charge is 2.14. The molecule has 4 aromatic rings. The lowest BCUT2D eigenvalue weighted by molar-refractivity contribution is 0.356. The minimum Gasteiger partial charge on any atom is -0.493 e. The molecule has 0 bridgehead atoms. The first-order chi connectivity index (χ1) is 13.7. The van der Waals surface area contributed by atoms with Gasteiger partial charge in [-0.15, -0.1) is 0 Å². The molecule has 29 heavy (non-hydrogen) atoms. The summed E-state index contributed by atoms with van der Waals surface area (Å²) in [4.78, 5) is 9.37. The van der Waals surface area contributed by atoms with Gasteiger partial charge >= 0.3 is 0 Å². The van der Waals surface area contributed by atoms with Crippen LogP contribution >= 0.6 is 0 Å². The third-order valence-electron chi connectivity index (χ3n) is 5.09. The Hall–Kier alpha value is -3.14. The fourth-order valence-electron chi connectivity index (χ4n) is 3.69. The van der Waals surface area contributed by atoms with E-state index in [1.54, 1.807) is 14.2 Å². The lowest BCUT2D eigenvalue weighted by atomic mass is 9.97. The molecule has 4 heteroatoms. The maximum atomic E-state index is 5.55. The summed E-state index contributed by atoms with van der Waals surface area (Å²) in [6, 6.07) is 14.5. The van der Waals surface area contributed by atoms with Gasteiger partial charge in [-0.1, -0.05) is 39.0 Å². The molecule has 0 N–H and O–H groups in total. The second kappa shape index (κ2) is 8.91. The van der Waals surface area contributed by atoms with Crippen molar-refractivity contribution < 1.29 is 9.47 Å². The third-order valence-corrected chi connectivity index (χ3v) is 5.09. The number of aromatic nitrogens is 2. The topological polar surface area (TPSA) is 44.2 Å². The van der Waals surface area contributed by atoms with Crippen LogP contribution in [0.4, 0.5) is 0 Å². The third kappa shape index (κ3) is 4.02. The Balaban J connectivity index is 0.00000240. The number of fused-ring (bicyclic) bond motifs is 2. The van der Waals surface area contributed by atoms with E-state index in [-0.39, 0.29) is 7.43 Å². The Morgan fingerprint density at radius 3 is 2.31 bits per heavy atom. The van der Waals surface area contributed by atoms with Crippen molar-refractivity contribution in [1.82, 2.24) is 9.97 Å². The van der Waals surface area contributed by atoms with E-state index >= 15 is 0 Å². The molecule has 2 heterocycles. The van der Waals surface area contributed by atoms with Gasteiger partial charge in [0.15, 0.2) is 11.5 Å². The highest BCUT2D eigenvalue weighted by Crippen LogP contribution is 2.35. The predicted molar refractivity (Wildman–Crippen MR) is 120 cm³/mol. The van der Waals surface area contributed by atoms with Gasteiger partial charge in [0.25, 0.3) is 0 Å². The maximum Gasteiger partial charge on any atom is 0.161 e. The maximum absolute atomic E-state index is 5.55. The molecule has 0 aliphatic heterocycles. The molecule has 0 radical (unpaired) electrons. The lowest BCUT2D eigenvalue weighted by Gasteiger charge is -2.14. The first-order valence-electron chi connectivity index (χ1n) is 9.59. The van der Waals surface area contributed by atoms with Gasteiger partial charge < -0.3 is 9.47 Å². The van der Waals surface area contributed by atoms with Crippen molar-refractivity contribution >= 4 is 21.7 Å². The molecule has 4 rings (SSSR count). The highest BCUT2D eigenvalue weighted by atomic mass is 16.5. The molecule has 0 fully saturated rings. The average Bonchev–Trinajstić information content (AvgIpc) is 2.74. The molecule has 2 aromatic carbocycles. The molecule has 0 saturated carbocycles. The monoisotopic (exact) mass is 388 g/mol. The second-order valence-electron chi connectivity index (χ2n) is 6.95. The van der Waals surface area contributed by atoms with Crippen LogP contribution in [0.1, 0.15) is 37.6 Å². The van der Waals surface area contributed by atoms with Crippen LogP contribution < -0.4 is 9.47 Å². The van der Waals surface area contributed by atoms with Crippen LogP contribution in [0.15, 0.2) is 54.9 Å². The largest absolute Gasteiger partial charge is 0.493 e. The zero-order valence-electron chi connectivity index (χ0n) is 16.5. The second-order valence-corrected chi connectivity index (χ2v) is 6.95. The fraction of sp³-hybridized carbons (Fsp3) is 0.280. The molecule has 0 atom stereocenters. The number of methoxy groups -OCH3 is 2. The highest BCUT2D eigenvalue weighted by molar-refractivity contribution is 5.91. The van der Waals surface area contributed by atoms with Crippen LogP contribution in [-0.2, 0) is 12.8 Å². The number of benzene rings is 2.